The van der Waals surface area contributed by atoms with Gasteiger partial charge in [0, 0.05) is 0 Å². The van der Waals surface area contributed by atoms with Crippen molar-refractivity contribution >= 4 is 40.6 Å². The number of hydrogen-bond acceptors (Lipinski definition) is 5. The van der Waals surface area contributed by atoms with Gasteiger partial charge >= 0.3 is 12.6 Å². The molecule has 1 spiro atoms. The number of benzene rings is 1. The lowest BCUT2D eigenvalue weighted by molar-refractivity contribution is -0.139. The van der Waals surface area contributed by atoms with E-state index in [1.54, 1.807) is 18.2 Å². The molecular formula is C18H19F2N5O3S. The summed E-state index contributed by atoms with van der Waals surface area (Å²) in [6.07, 6.45) is 3.73. The van der Waals surface area contributed by atoms with E-state index < -0.39 is 29.9 Å². The molecule has 4 rings (SSSR count). The Morgan fingerprint density at radius 3 is 2.69 bits per heavy atom. The zero-order chi connectivity index (χ0) is 20.6. The van der Waals surface area contributed by atoms with Crippen molar-refractivity contribution in [2.45, 2.75) is 49.3 Å². The molecule has 4 amide bonds. The van der Waals surface area contributed by atoms with Crippen LogP contribution in [0.25, 0.3) is 11.0 Å². The van der Waals surface area contributed by atoms with Crippen LogP contribution < -0.4 is 10.7 Å². The summed E-state index contributed by atoms with van der Waals surface area (Å²) in [6.45, 7) is -2.81. The molecule has 154 valence electrons. The minimum Gasteiger partial charge on any atom is -0.322 e. The highest BCUT2D eigenvalue weighted by atomic mass is 32.2. The molecule has 2 fully saturated rings. The summed E-state index contributed by atoms with van der Waals surface area (Å²) < 4.78 is 27.7. The topological polar surface area (TPSA) is 96.3 Å². The molecular weight excluding hydrogens is 404 g/mol. The number of carbonyl (C=O) groups is 3. The third-order valence-electron chi connectivity index (χ3n) is 5.20. The molecule has 2 N–H and O–H groups in total. The van der Waals surface area contributed by atoms with Gasteiger partial charge in [-0.3, -0.25) is 19.6 Å². The number of thioether (sulfide) groups is 1. The second-order valence-electron chi connectivity index (χ2n) is 7.07. The van der Waals surface area contributed by atoms with Crippen molar-refractivity contribution in [3.63, 3.8) is 0 Å². The summed E-state index contributed by atoms with van der Waals surface area (Å²) in [5, 5.41) is 3.37. The SMILES string of the molecule is O=C(CSc1nc2ccccc2n1C(F)F)NN1C(=O)NC2(CCCCC2)C1=O. The van der Waals surface area contributed by atoms with Crippen LogP contribution in [0.5, 0.6) is 0 Å². The second-order valence-corrected chi connectivity index (χ2v) is 8.01. The maximum absolute atomic E-state index is 13.5. The van der Waals surface area contributed by atoms with Gasteiger partial charge in [0.05, 0.1) is 16.8 Å². The summed E-state index contributed by atoms with van der Waals surface area (Å²) in [6, 6.07) is 5.77. The van der Waals surface area contributed by atoms with Crippen LogP contribution in [-0.4, -0.2) is 43.7 Å². The van der Waals surface area contributed by atoms with Crippen LogP contribution in [0, 0.1) is 0 Å². The number of nitrogens with one attached hydrogen (secondary N) is 2. The van der Waals surface area contributed by atoms with Gasteiger partial charge in [-0.05, 0) is 25.0 Å². The normalized spacial score (nSPS) is 18.7. The molecule has 8 nitrogen and oxygen atoms in total. The van der Waals surface area contributed by atoms with Gasteiger partial charge in [-0.2, -0.15) is 13.8 Å². The van der Waals surface area contributed by atoms with Gasteiger partial charge in [0.1, 0.15) is 5.54 Å². The van der Waals surface area contributed by atoms with E-state index in [1.165, 1.54) is 6.07 Å². The number of imidazole rings is 1. The molecule has 0 bridgehead atoms. The lowest BCUT2D eigenvalue weighted by atomic mass is 9.82. The molecule has 0 unspecified atom stereocenters. The van der Waals surface area contributed by atoms with Gasteiger partial charge in [0.15, 0.2) is 5.16 Å². The average Bonchev–Trinajstić information content (AvgIpc) is 3.18. The first-order valence-corrected chi connectivity index (χ1v) is 10.2. The fraction of sp³-hybridized carbons (Fsp3) is 0.444. The van der Waals surface area contributed by atoms with Gasteiger partial charge in [-0.25, -0.2) is 9.78 Å². The molecule has 0 atom stereocenters. The van der Waals surface area contributed by atoms with Crippen molar-refractivity contribution in [1.29, 1.82) is 0 Å². The minimum absolute atomic E-state index is 0.0164. The highest BCUT2D eigenvalue weighted by molar-refractivity contribution is 7.99. The molecule has 1 saturated heterocycles. The maximum atomic E-state index is 13.5. The van der Waals surface area contributed by atoms with Crippen LogP contribution in [0.1, 0.15) is 38.7 Å². The quantitative estimate of drug-likeness (QED) is 0.570. The van der Waals surface area contributed by atoms with Gasteiger partial charge in [-0.1, -0.05) is 43.2 Å². The molecule has 11 heteroatoms. The van der Waals surface area contributed by atoms with Gasteiger partial charge in [0.2, 0.25) is 5.91 Å². The largest absolute Gasteiger partial charge is 0.344 e. The molecule has 29 heavy (non-hydrogen) atoms. The number of hydrogen-bond donors (Lipinski definition) is 2. The van der Waals surface area contributed by atoms with E-state index in [-0.39, 0.29) is 16.4 Å². The van der Waals surface area contributed by atoms with E-state index in [0.717, 1.165) is 35.6 Å². The molecule has 2 heterocycles. The summed E-state index contributed by atoms with van der Waals surface area (Å²) >= 11 is 0.812. The lowest BCUT2D eigenvalue weighted by Gasteiger charge is -2.30. The fourth-order valence-corrected chi connectivity index (χ4v) is 4.62. The Kier molecular flexibility index (Phi) is 5.15. The van der Waals surface area contributed by atoms with E-state index in [1.807, 2.05) is 0 Å². The molecule has 1 aliphatic heterocycles. The zero-order valence-electron chi connectivity index (χ0n) is 15.4. The molecule has 1 aliphatic carbocycles. The third kappa shape index (κ3) is 3.54. The maximum Gasteiger partial charge on any atom is 0.344 e. The molecule has 1 aromatic heterocycles. The minimum atomic E-state index is -2.81. The third-order valence-corrected chi connectivity index (χ3v) is 6.15. The Morgan fingerprint density at radius 2 is 1.97 bits per heavy atom. The summed E-state index contributed by atoms with van der Waals surface area (Å²) in [5.74, 6) is -1.40. The number of halogens is 2. The number of fused-ring (bicyclic) bond motifs is 1. The van der Waals surface area contributed by atoms with Crippen molar-refractivity contribution < 1.29 is 23.2 Å². The number of hydrazine groups is 1. The molecule has 2 aromatic rings. The molecule has 0 radical (unpaired) electrons. The van der Waals surface area contributed by atoms with Crippen molar-refractivity contribution in [3.05, 3.63) is 24.3 Å². The number of imide groups is 1. The Bertz CT molecular complexity index is 974. The Balaban J connectivity index is 1.43. The van der Waals surface area contributed by atoms with Crippen LogP contribution in [-0.2, 0) is 9.59 Å². The first-order valence-electron chi connectivity index (χ1n) is 9.25. The molecule has 2 aliphatic rings. The van der Waals surface area contributed by atoms with Crippen molar-refractivity contribution in [3.8, 4) is 0 Å². The first-order chi connectivity index (χ1) is 13.9. The number of rotatable bonds is 5. The van der Waals surface area contributed by atoms with E-state index >= 15 is 0 Å². The highest BCUT2D eigenvalue weighted by Crippen LogP contribution is 2.33. The van der Waals surface area contributed by atoms with Crippen LogP contribution in [0.3, 0.4) is 0 Å². The van der Waals surface area contributed by atoms with E-state index in [2.05, 4.69) is 15.7 Å². The number of alkyl halides is 2. The van der Waals surface area contributed by atoms with Crippen LogP contribution >= 0.6 is 11.8 Å². The molecule has 1 aromatic carbocycles. The predicted octanol–water partition coefficient (Wildman–Crippen LogP) is 2.81. The summed E-state index contributed by atoms with van der Waals surface area (Å²) in [4.78, 5) is 41.3. The number of aromatic nitrogens is 2. The Hall–Kier alpha value is -2.69. The van der Waals surface area contributed by atoms with Crippen LogP contribution in [0.15, 0.2) is 29.4 Å². The number of urea groups is 1. The zero-order valence-corrected chi connectivity index (χ0v) is 16.2. The predicted molar refractivity (Wildman–Crippen MR) is 101 cm³/mol. The summed E-state index contributed by atoms with van der Waals surface area (Å²) in [7, 11) is 0. The van der Waals surface area contributed by atoms with Crippen molar-refractivity contribution in [2.24, 2.45) is 0 Å². The van der Waals surface area contributed by atoms with E-state index in [4.69, 9.17) is 0 Å². The second kappa shape index (κ2) is 7.62. The highest BCUT2D eigenvalue weighted by Gasteiger charge is 2.52. The average molecular weight is 423 g/mol. The number of carbonyl (C=O) groups excluding carboxylic acids is 3. The van der Waals surface area contributed by atoms with Crippen molar-refractivity contribution in [2.75, 3.05) is 5.75 Å². The molecule has 1 saturated carbocycles. The van der Waals surface area contributed by atoms with Crippen molar-refractivity contribution in [1.82, 2.24) is 25.3 Å². The van der Waals surface area contributed by atoms with Gasteiger partial charge in [-0.15, -0.1) is 0 Å². The van der Waals surface area contributed by atoms with E-state index in [9.17, 15) is 23.2 Å². The number of amides is 4. The van der Waals surface area contributed by atoms with Crippen LogP contribution in [0.4, 0.5) is 13.6 Å². The number of para-hydroxylation sites is 2. The van der Waals surface area contributed by atoms with Crippen LogP contribution in [0.2, 0.25) is 0 Å². The number of nitrogens with zero attached hydrogens (tertiary/aromatic N) is 3. The fourth-order valence-electron chi connectivity index (χ4n) is 3.82. The first kappa shape index (κ1) is 19.6. The Labute approximate surface area is 169 Å². The van der Waals surface area contributed by atoms with E-state index in [0.29, 0.717) is 23.4 Å². The smallest absolute Gasteiger partial charge is 0.322 e. The lowest BCUT2D eigenvalue weighted by Crippen LogP contribution is -2.51. The monoisotopic (exact) mass is 423 g/mol. The Morgan fingerprint density at radius 1 is 1.24 bits per heavy atom. The van der Waals surface area contributed by atoms with Gasteiger partial charge in [0.25, 0.3) is 5.91 Å². The standard InChI is InChI=1S/C18H19F2N5O3S/c19-15(20)24-12-7-3-2-6-11(12)21-17(24)29-10-13(26)23-25-14(27)18(22-16(25)28)8-4-1-5-9-18/h2-3,6-7,15H,1,4-5,8-10H2,(H,22,28)(H,23,26). The van der Waals surface area contributed by atoms with Gasteiger partial charge < -0.3 is 5.32 Å². The summed E-state index contributed by atoms with van der Waals surface area (Å²) in [5.41, 5.74) is 2.00.